The van der Waals surface area contributed by atoms with E-state index in [0.29, 0.717) is 37.4 Å². The molecule has 0 aliphatic carbocycles. The summed E-state index contributed by atoms with van der Waals surface area (Å²) in [5.41, 5.74) is 6.88. The molecule has 0 radical (unpaired) electrons. The number of hydrogen-bond acceptors (Lipinski definition) is 7. The molecule has 2 heterocycles. The minimum atomic E-state index is -3.50. The fourth-order valence-electron chi connectivity index (χ4n) is 3.32. The summed E-state index contributed by atoms with van der Waals surface area (Å²) >= 11 is 1.44. The van der Waals surface area contributed by atoms with Gasteiger partial charge in [0.25, 0.3) is 0 Å². The van der Waals surface area contributed by atoms with E-state index in [1.165, 1.54) is 21.2 Å². The van der Waals surface area contributed by atoms with Gasteiger partial charge >= 0.3 is 0 Å². The minimum Gasteiger partial charge on any atom is -0.379 e. The number of nitrogens with one attached hydrogen (secondary N) is 1. The summed E-state index contributed by atoms with van der Waals surface area (Å²) in [7, 11) is -3.50. The first-order valence-corrected chi connectivity index (χ1v) is 12.8. The van der Waals surface area contributed by atoms with E-state index in [9.17, 15) is 8.42 Å². The Morgan fingerprint density at radius 3 is 2.44 bits per heavy atom. The van der Waals surface area contributed by atoms with E-state index in [1.54, 1.807) is 30.5 Å². The molecular formula is C23H26N4O3S2. The van der Waals surface area contributed by atoms with Crippen molar-refractivity contribution < 1.29 is 13.2 Å². The maximum atomic E-state index is 12.8. The van der Waals surface area contributed by atoms with E-state index in [-0.39, 0.29) is 4.90 Å². The third-order valence-corrected chi connectivity index (χ3v) is 7.90. The van der Waals surface area contributed by atoms with Crippen LogP contribution in [0.4, 0.5) is 5.13 Å². The lowest BCUT2D eigenvalue weighted by Crippen LogP contribution is -2.40. The molecule has 0 unspecified atom stereocenters. The van der Waals surface area contributed by atoms with Gasteiger partial charge in [0.15, 0.2) is 0 Å². The number of aromatic nitrogens is 1. The monoisotopic (exact) mass is 470 g/mol. The van der Waals surface area contributed by atoms with Crippen molar-refractivity contribution in [3.8, 4) is 11.3 Å². The molecule has 0 bridgehead atoms. The molecule has 1 aliphatic rings. The molecule has 7 nitrogen and oxygen atoms in total. The van der Waals surface area contributed by atoms with E-state index >= 15 is 0 Å². The van der Waals surface area contributed by atoms with Crippen LogP contribution in [-0.2, 0) is 14.8 Å². The highest BCUT2D eigenvalue weighted by atomic mass is 32.2. The summed E-state index contributed by atoms with van der Waals surface area (Å²) in [5.74, 6) is 0.501. The Morgan fingerprint density at radius 2 is 1.78 bits per heavy atom. The van der Waals surface area contributed by atoms with E-state index in [2.05, 4.69) is 41.5 Å². The fraction of sp³-hybridized carbons (Fsp3) is 0.304. The molecule has 1 N–H and O–H groups in total. The topological polar surface area (TPSA) is 83.9 Å². The first-order valence-electron chi connectivity index (χ1n) is 10.5. The highest BCUT2D eigenvalue weighted by Crippen LogP contribution is 2.27. The number of sulfonamides is 1. The van der Waals surface area contributed by atoms with E-state index in [1.807, 2.05) is 17.5 Å². The number of morpholine rings is 1. The van der Waals surface area contributed by atoms with Crippen molar-refractivity contribution in [2.24, 2.45) is 5.10 Å². The third kappa shape index (κ3) is 5.24. The number of nitrogens with zero attached hydrogens (tertiary/aromatic N) is 3. The molecule has 0 saturated carbocycles. The predicted octanol–water partition coefficient (Wildman–Crippen LogP) is 4.40. The molecule has 4 rings (SSSR count). The standard InChI is InChI=1S/C23H26N4O3S2/c1-17(2)19-5-3-18(4-6-19)15-24-26-23-25-22(16-31-23)20-7-9-21(10-8-20)32(28,29)27-11-13-30-14-12-27/h3-10,15-17H,11-14H2,1-2H3,(H,25,26). The average molecular weight is 471 g/mol. The first-order chi connectivity index (χ1) is 15.4. The smallest absolute Gasteiger partial charge is 0.243 e. The van der Waals surface area contributed by atoms with Gasteiger partial charge in [-0.15, -0.1) is 11.3 Å². The Labute approximate surface area is 192 Å². The highest BCUT2D eigenvalue weighted by molar-refractivity contribution is 7.89. The van der Waals surface area contributed by atoms with Crippen LogP contribution in [-0.4, -0.2) is 50.2 Å². The number of hydrazone groups is 1. The maximum absolute atomic E-state index is 12.8. The van der Waals surface area contributed by atoms with Gasteiger partial charge in [-0.1, -0.05) is 50.2 Å². The zero-order valence-corrected chi connectivity index (χ0v) is 19.7. The van der Waals surface area contributed by atoms with Gasteiger partial charge in [0.1, 0.15) is 0 Å². The molecule has 0 spiro atoms. The number of benzene rings is 2. The molecule has 0 amide bonds. The summed E-state index contributed by atoms with van der Waals surface area (Å²) in [6.07, 6.45) is 1.76. The van der Waals surface area contributed by atoms with Gasteiger partial charge in [-0.2, -0.15) is 9.41 Å². The van der Waals surface area contributed by atoms with Crippen LogP contribution >= 0.6 is 11.3 Å². The SMILES string of the molecule is CC(C)c1ccc(C=NNc2nc(-c3ccc(S(=O)(=O)N4CCOCC4)cc3)cs2)cc1. The molecule has 1 aromatic heterocycles. The van der Waals surface area contributed by atoms with Gasteiger partial charge in [0.2, 0.25) is 15.2 Å². The number of ether oxygens (including phenoxy) is 1. The molecule has 1 saturated heterocycles. The van der Waals surface area contributed by atoms with Crippen molar-refractivity contribution >= 4 is 32.7 Å². The van der Waals surface area contributed by atoms with E-state index in [0.717, 1.165) is 16.8 Å². The van der Waals surface area contributed by atoms with Gasteiger partial charge in [0, 0.05) is 24.0 Å². The molecule has 1 aliphatic heterocycles. The summed E-state index contributed by atoms with van der Waals surface area (Å²) < 4.78 is 32.2. The van der Waals surface area contributed by atoms with Crippen molar-refractivity contribution in [1.82, 2.24) is 9.29 Å². The Morgan fingerprint density at radius 1 is 1.09 bits per heavy atom. The lowest BCUT2D eigenvalue weighted by atomic mass is 10.0. The molecule has 3 aromatic rings. The van der Waals surface area contributed by atoms with E-state index < -0.39 is 10.0 Å². The molecular weight excluding hydrogens is 444 g/mol. The van der Waals surface area contributed by atoms with Crippen molar-refractivity contribution in [2.45, 2.75) is 24.7 Å². The lowest BCUT2D eigenvalue weighted by Gasteiger charge is -2.26. The average Bonchev–Trinajstić information content (AvgIpc) is 3.29. The molecule has 2 aromatic carbocycles. The summed E-state index contributed by atoms with van der Waals surface area (Å²) in [5, 5.41) is 6.85. The number of rotatable bonds is 7. The van der Waals surface area contributed by atoms with Crippen LogP contribution in [0.5, 0.6) is 0 Å². The van der Waals surface area contributed by atoms with Crippen LogP contribution in [0.15, 0.2) is 63.9 Å². The Balaban J connectivity index is 1.40. The second-order valence-corrected chi connectivity index (χ2v) is 10.6. The van der Waals surface area contributed by atoms with Crippen LogP contribution in [0, 0.1) is 0 Å². The summed E-state index contributed by atoms with van der Waals surface area (Å²) in [4.78, 5) is 4.83. The number of thiazole rings is 1. The first kappa shape index (κ1) is 22.6. The molecule has 0 atom stereocenters. The second kappa shape index (κ2) is 9.91. The second-order valence-electron chi connectivity index (χ2n) is 7.77. The van der Waals surface area contributed by atoms with Crippen molar-refractivity contribution in [3.05, 3.63) is 65.0 Å². The van der Waals surface area contributed by atoms with Crippen LogP contribution in [0.1, 0.15) is 30.9 Å². The third-order valence-electron chi connectivity index (χ3n) is 5.24. The van der Waals surface area contributed by atoms with Gasteiger partial charge in [-0.25, -0.2) is 13.4 Å². The fourth-order valence-corrected chi connectivity index (χ4v) is 5.40. The lowest BCUT2D eigenvalue weighted by molar-refractivity contribution is 0.0730. The Hall–Kier alpha value is -2.59. The van der Waals surface area contributed by atoms with Gasteiger partial charge in [0.05, 0.1) is 30.0 Å². The quantitative estimate of drug-likeness (QED) is 0.409. The Kier molecular flexibility index (Phi) is 7.00. The summed E-state index contributed by atoms with van der Waals surface area (Å²) in [6, 6.07) is 15.1. The van der Waals surface area contributed by atoms with Crippen LogP contribution in [0.25, 0.3) is 11.3 Å². The zero-order chi connectivity index (χ0) is 22.6. The van der Waals surface area contributed by atoms with Crippen LogP contribution in [0.3, 0.4) is 0 Å². The predicted molar refractivity (Wildman–Crippen MR) is 129 cm³/mol. The maximum Gasteiger partial charge on any atom is 0.243 e. The molecule has 9 heteroatoms. The van der Waals surface area contributed by atoms with Gasteiger partial charge in [-0.05, 0) is 29.2 Å². The molecule has 1 fully saturated rings. The van der Waals surface area contributed by atoms with Gasteiger partial charge in [-0.3, -0.25) is 5.43 Å². The van der Waals surface area contributed by atoms with Gasteiger partial charge < -0.3 is 4.74 Å². The molecule has 168 valence electrons. The summed E-state index contributed by atoms with van der Waals surface area (Å²) in [6.45, 7) is 5.96. The zero-order valence-electron chi connectivity index (χ0n) is 18.1. The van der Waals surface area contributed by atoms with Crippen LogP contribution < -0.4 is 5.43 Å². The largest absolute Gasteiger partial charge is 0.379 e. The Bertz CT molecular complexity index is 1160. The normalized spacial score (nSPS) is 15.5. The number of hydrogen-bond donors (Lipinski definition) is 1. The van der Waals surface area contributed by atoms with Crippen molar-refractivity contribution in [3.63, 3.8) is 0 Å². The highest BCUT2D eigenvalue weighted by Gasteiger charge is 2.26. The molecule has 32 heavy (non-hydrogen) atoms. The van der Waals surface area contributed by atoms with Crippen LogP contribution in [0.2, 0.25) is 0 Å². The number of anilines is 1. The minimum absolute atomic E-state index is 0.282. The van der Waals surface area contributed by atoms with Crippen molar-refractivity contribution in [1.29, 1.82) is 0 Å². The van der Waals surface area contributed by atoms with E-state index in [4.69, 9.17) is 4.74 Å². The van der Waals surface area contributed by atoms with Crippen molar-refractivity contribution in [2.75, 3.05) is 31.7 Å².